The van der Waals surface area contributed by atoms with Crippen molar-refractivity contribution in [3.63, 3.8) is 0 Å². The van der Waals surface area contributed by atoms with Crippen LogP contribution < -0.4 is 15.5 Å². The minimum Gasteiger partial charge on any atom is -0.369 e. The van der Waals surface area contributed by atoms with Crippen LogP contribution in [0.5, 0.6) is 0 Å². The van der Waals surface area contributed by atoms with Crippen LogP contribution in [0.15, 0.2) is 24.3 Å². The lowest BCUT2D eigenvalue weighted by Crippen LogP contribution is -2.56. The minimum atomic E-state index is -0.0629. The highest BCUT2D eigenvalue weighted by Crippen LogP contribution is 2.30. The fraction of sp³-hybridized carbons (Fsp3) is 0.611. The first-order valence-electron chi connectivity index (χ1n) is 8.42. The molecule has 2 heterocycles. The summed E-state index contributed by atoms with van der Waals surface area (Å²) in [6.45, 7) is 7.96. The van der Waals surface area contributed by atoms with Gasteiger partial charge in [0.1, 0.15) is 0 Å². The van der Waals surface area contributed by atoms with Gasteiger partial charge < -0.3 is 15.5 Å². The first-order chi connectivity index (χ1) is 10.6. The monoisotopic (exact) mass is 301 g/mol. The summed E-state index contributed by atoms with van der Waals surface area (Å²) in [5.74, 6) is 0.150. The molecule has 4 nitrogen and oxygen atoms in total. The van der Waals surface area contributed by atoms with E-state index in [1.54, 1.807) is 0 Å². The number of anilines is 1. The van der Waals surface area contributed by atoms with Crippen molar-refractivity contribution in [3.8, 4) is 0 Å². The number of carbonyl (C=O) groups is 1. The second kappa shape index (κ2) is 6.29. The Balaban J connectivity index is 1.50. The van der Waals surface area contributed by atoms with E-state index in [0.29, 0.717) is 6.54 Å². The summed E-state index contributed by atoms with van der Waals surface area (Å²) >= 11 is 0. The van der Waals surface area contributed by atoms with Gasteiger partial charge in [0.2, 0.25) is 5.91 Å². The second-order valence-corrected chi connectivity index (χ2v) is 7.14. The zero-order valence-corrected chi connectivity index (χ0v) is 13.7. The van der Waals surface area contributed by atoms with E-state index in [1.807, 2.05) is 0 Å². The first-order valence-corrected chi connectivity index (χ1v) is 8.42. The van der Waals surface area contributed by atoms with E-state index in [9.17, 15) is 4.79 Å². The molecule has 2 N–H and O–H groups in total. The highest BCUT2D eigenvalue weighted by molar-refractivity contribution is 5.82. The van der Waals surface area contributed by atoms with E-state index in [4.69, 9.17) is 0 Å². The van der Waals surface area contributed by atoms with Crippen LogP contribution in [0.1, 0.15) is 32.3 Å². The Morgan fingerprint density at radius 3 is 3.05 bits per heavy atom. The topological polar surface area (TPSA) is 44.4 Å². The number of nitrogens with zero attached hydrogens (tertiary/aromatic N) is 1. The highest BCUT2D eigenvalue weighted by Gasteiger charge is 2.36. The molecule has 1 unspecified atom stereocenters. The number of rotatable bonds is 4. The van der Waals surface area contributed by atoms with Crippen LogP contribution in [-0.2, 0) is 11.2 Å². The van der Waals surface area contributed by atoms with Gasteiger partial charge in [-0.05, 0) is 42.9 Å². The fourth-order valence-electron chi connectivity index (χ4n) is 3.71. The van der Waals surface area contributed by atoms with Crippen LogP contribution in [0.25, 0.3) is 0 Å². The van der Waals surface area contributed by atoms with E-state index in [0.717, 1.165) is 38.9 Å². The molecular weight excluding hydrogens is 274 g/mol. The van der Waals surface area contributed by atoms with Crippen molar-refractivity contribution in [2.45, 2.75) is 39.2 Å². The third-order valence-electron chi connectivity index (χ3n) is 5.05. The van der Waals surface area contributed by atoms with Crippen LogP contribution in [0.3, 0.4) is 0 Å². The molecule has 4 heteroatoms. The van der Waals surface area contributed by atoms with Crippen LogP contribution in [0.2, 0.25) is 0 Å². The number of hydrogen-bond donors (Lipinski definition) is 2. The number of carbonyl (C=O) groups excluding carboxylic acids is 1. The highest BCUT2D eigenvalue weighted by atomic mass is 16.2. The maximum atomic E-state index is 12.4. The number of para-hydroxylation sites is 1. The number of hydrogen-bond acceptors (Lipinski definition) is 3. The SMILES string of the molecule is CC1(C)CCCNC1C(=O)NCCN1CCc2ccccc21. The Morgan fingerprint density at radius 1 is 1.41 bits per heavy atom. The molecule has 1 aromatic rings. The molecule has 2 aliphatic rings. The zero-order valence-electron chi connectivity index (χ0n) is 13.7. The molecule has 1 atom stereocenters. The number of amides is 1. The normalized spacial score (nSPS) is 23.2. The first kappa shape index (κ1) is 15.3. The molecule has 22 heavy (non-hydrogen) atoms. The van der Waals surface area contributed by atoms with Crippen molar-refractivity contribution in [2.75, 3.05) is 31.1 Å². The molecule has 0 spiro atoms. The van der Waals surface area contributed by atoms with Crippen LogP contribution >= 0.6 is 0 Å². The standard InChI is InChI=1S/C18H27N3O/c1-18(2)9-5-10-19-16(18)17(22)20-11-13-21-12-8-14-6-3-4-7-15(14)21/h3-4,6-7,16,19H,5,8-13H2,1-2H3,(H,20,22). The van der Waals surface area contributed by atoms with Gasteiger partial charge in [0.15, 0.2) is 0 Å². The summed E-state index contributed by atoms with van der Waals surface area (Å²) in [5, 5.41) is 6.50. The number of fused-ring (bicyclic) bond motifs is 1. The summed E-state index contributed by atoms with van der Waals surface area (Å²) in [6, 6.07) is 8.50. The average Bonchev–Trinajstić information content (AvgIpc) is 2.90. The van der Waals surface area contributed by atoms with Crippen molar-refractivity contribution in [2.24, 2.45) is 5.41 Å². The van der Waals surface area contributed by atoms with Crippen molar-refractivity contribution >= 4 is 11.6 Å². The lowest BCUT2D eigenvalue weighted by molar-refractivity contribution is -0.126. The molecule has 0 aromatic heterocycles. The Labute approximate surface area is 133 Å². The molecule has 1 fully saturated rings. The Hall–Kier alpha value is -1.55. The van der Waals surface area contributed by atoms with E-state index in [1.165, 1.54) is 11.3 Å². The molecule has 120 valence electrons. The summed E-state index contributed by atoms with van der Waals surface area (Å²) in [5.41, 5.74) is 2.79. The fourth-order valence-corrected chi connectivity index (χ4v) is 3.71. The summed E-state index contributed by atoms with van der Waals surface area (Å²) in [6.07, 6.45) is 3.38. The maximum Gasteiger partial charge on any atom is 0.237 e. The molecule has 0 aliphatic carbocycles. The van der Waals surface area contributed by atoms with Gasteiger partial charge in [-0.3, -0.25) is 4.79 Å². The van der Waals surface area contributed by atoms with E-state index < -0.39 is 0 Å². The van der Waals surface area contributed by atoms with Crippen molar-refractivity contribution in [1.29, 1.82) is 0 Å². The van der Waals surface area contributed by atoms with Crippen LogP contribution in [0, 0.1) is 5.41 Å². The average molecular weight is 301 g/mol. The molecule has 1 aromatic carbocycles. The number of nitrogens with one attached hydrogen (secondary N) is 2. The van der Waals surface area contributed by atoms with Gasteiger partial charge >= 0.3 is 0 Å². The lowest BCUT2D eigenvalue weighted by atomic mass is 9.77. The minimum absolute atomic E-state index is 0.0442. The summed E-state index contributed by atoms with van der Waals surface area (Å²) < 4.78 is 0. The Bertz CT molecular complexity index is 541. The van der Waals surface area contributed by atoms with Crippen LogP contribution in [0.4, 0.5) is 5.69 Å². The Morgan fingerprint density at radius 2 is 2.23 bits per heavy atom. The molecule has 0 bridgehead atoms. The summed E-state index contributed by atoms with van der Waals surface area (Å²) in [4.78, 5) is 14.8. The second-order valence-electron chi connectivity index (χ2n) is 7.14. The van der Waals surface area contributed by atoms with Crippen LogP contribution in [-0.4, -0.2) is 38.1 Å². The smallest absolute Gasteiger partial charge is 0.237 e. The molecule has 0 radical (unpaired) electrons. The zero-order chi connectivity index (χ0) is 15.6. The quantitative estimate of drug-likeness (QED) is 0.893. The van der Waals surface area contributed by atoms with Gasteiger partial charge in [-0.2, -0.15) is 0 Å². The third-order valence-corrected chi connectivity index (χ3v) is 5.05. The number of benzene rings is 1. The van der Waals surface area contributed by atoms with Gasteiger partial charge in [0, 0.05) is 25.3 Å². The van der Waals surface area contributed by atoms with Crippen molar-refractivity contribution in [1.82, 2.24) is 10.6 Å². The van der Waals surface area contributed by atoms with E-state index in [-0.39, 0.29) is 17.4 Å². The molecule has 0 saturated carbocycles. The van der Waals surface area contributed by atoms with Gasteiger partial charge in [-0.15, -0.1) is 0 Å². The largest absolute Gasteiger partial charge is 0.369 e. The Kier molecular flexibility index (Phi) is 4.39. The molecule has 1 amide bonds. The van der Waals surface area contributed by atoms with Crippen molar-refractivity contribution in [3.05, 3.63) is 29.8 Å². The van der Waals surface area contributed by atoms with Gasteiger partial charge in [-0.25, -0.2) is 0 Å². The maximum absolute atomic E-state index is 12.4. The van der Waals surface area contributed by atoms with E-state index >= 15 is 0 Å². The third kappa shape index (κ3) is 3.12. The van der Waals surface area contributed by atoms with Gasteiger partial charge in [-0.1, -0.05) is 32.0 Å². The van der Waals surface area contributed by atoms with Gasteiger partial charge in [0.05, 0.1) is 6.04 Å². The molecular formula is C18H27N3O. The predicted molar refractivity (Wildman–Crippen MR) is 90.2 cm³/mol. The van der Waals surface area contributed by atoms with E-state index in [2.05, 4.69) is 53.6 Å². The molecule has 2 aliphatic heterocycles. The lowest BCUT2D eigenvalue weighted by Gasteiger charge is -2.38. The predicted octanol–water partition coefficient (Wildman–Crippen LogP) is 1.94. The van der Waals surface area contributed by atoms with Gasteiger partial charge in [0.25, 0.3) is 0 Å². The molecule has 3 rings (SSSR count). The number of piperidine rings is 1. The van der Waals surface area contributed by atoms with Crippen molar-refractivity contribution < 1.29 is 4.79 Å². The summed E-state index contributed by atoms with van der Waals surface area (Å²) in [7, 11) is 0. The molecule has 1 saturated heterocycles.